The number of aromatic nitrogens is 1. The molecule has 0 radical (unpaired) electrons. The maximum atomic E-state index is 14.1. The van der Waals surface area contributed by atoms with E-state index in [2.05, 4.69) is 21.8 Å². The zero-order valence-corrected chi connectivity index (χ0v) is 27.9. The quantitative estimate of drug-likeness (QED) is 0.184. The van der Waals surface area contributed by atoms with E-state index in [9.17, 15) is 28.8 Å². The molecule has 5 atom stereocenters. The molecule has 5 amide bonds. The second kappa shape index (κ2) is 14.8. The fourth-order valence-corrected chi connectivity index (χ4v) is 5.66. The van der Waals surface area contributed by atoms with E-state index in [0.29, 0.717) is 6.42 Å². The van der Waals surface area contributed by atoms with Crippen molar-refractivity contribution in [3.63, 3.8) is 0 Å². The topological polar surface area (TPSA) is 173 Å². The average Bonchev–Trinajstić information content (AvgIpc) is 3.32. The number of nitrogens with zero attached hydrogens (tertiary/aromatic N) is 2. The third kappa shape index (κ3) is 10.2. The summed E-state index contributed by atoms with van der Waals surface area (Å²) in [6.45, 7) is 15.7. The number of pyridine rings is 1. The van der Waals surface area contributed by atoms with E-state index in [1.54, 1.807) is 18.3 Å². The second-order valence-electron chi connectivity index (χ2n) is 13.6. The van der Waals surface area contributed by atoms with Gasteiger partial charge in [-0.3, -0.25) is 24.0 Å². The molecule has 244 valence electrons. The van der Waals surface area contributed by atoms with Crippen LogP contribution < -0.4 is 27.2 Å². The van der Waals surface area contributed by atoms with Crippen LogP contribution >= 0.6 is 10.5 Å². The van der Waals surface area contributed by atoms with Gasteiger partial charge in [0.15, 0.2) is 0 Å². The fraction of sp³-hybridized carbons (Fsp3) is 0.581. The van der Waals surface area contributed by atoms with Gasteiger partial charge in [-0.2, -0.15) is 0 Å². The highest BCUT2D eigenvalue weighted by Gasteiger charge is 2.44. The van der Waals surface area contributed by atoms with Crippen LogP contribution in [0, 0.1) is 16.7 Å². The zero-order valence-electron chi connectivity index (χ0n) is 27.1. The molecule has 44 heavy (non-hydrogen) atoms. The van der Waals surface area contributed by atoms with Gasteiger partial charge in [0.2, 0.25) is 11.8 Å². The van der Waals surface area contributed by atoms with Gasteiger partial charge < -0.3 is 31.2 Å². The first kappa shape index (κ1) is 36.5. The number of nitrogens with one attached hydrogen (secondary N) is 3. The van der Waals surface area contributed by atoms with Crippen molar-refractivity contribution < 1.29 is 24.0 Å². The highest BCUT2D eigenvalue weighted by Crippen LogP contribution is 2.30. The zero-order chi connectivity index (χ0) is 33.6. The van der Waals surface area contributed by atoms with E-state index in [1.165, 1.54) is 15.5 Å². The summed E-state index contributed by atoms with van der Waals surface area (Å²) in [6.07, 6.45) is 4.00. The molecule has 1 saturated heterocycles. The van der Waals surface area contributed by atoms with Crippen LogP contribution in [0.2, 0.25) is 0 Å². The van der Waals surface area contributed by atoms with Crippen molar-refractivity contribution in [1.82, 2.24) is 25.4 Å². The largest absolute Gasteiger partial charge is 0.362 e. The Labute approximate surface area is 262 Å². The fourth-order valence-electron chi connectivity index (χ4n) is 4.93. The summed E-state index contributed by atoms with van der Waals surface area (Å²) in [4.78, 5) is 77.8. The number of hydrogen-bond donors (Lipinski definition) is 4. The first-order valence-corrected chi connectivity index (χ1v) is 16.1. The van der Waals surface area contributed by atoms with Crippen molar-refractivity contribution in [2.24, 2.45) is 22.5 Å². The Morgan fingerprint density at radius 1 is 1.07 bits per heavy atom. The van der Waals surface area contributed by atoms with Crippen molar-refractivity contribution >= 4 is 45.2 Å². The van der Waals surface area contributed by atoms with Crippen molar-refractivity contribution in [3.8, 4) is 0 Å². The van der Waals surface area contributed by atoms with Crippen molar-refractivity contribution in [1.29, 1.82) is 0 Å². The smallest absolute Gasteiger partial charge is 0.315 e. The summed E-state index contributed by atoms with van der Waals surface area (Å²) in [5.74, 6) is 1.31. The maximum Gasteiger partial charge on any atom is 0.315 e. The Bertz CT molecular complexity index is 1370. The highest BCUT2D eigenvalue weighted by molar-refractivity contribution is 8.28. The van der Waals surface area contributed by atoms with Gasteiger partial charge in [-0.25, -0.2) is 4.79 Å². The van der Waals surface area contributed by atoms with Crippen LogP contribution in [0.1, 0.15) is 61.8 Å². The number of carbonyl (C=O) groups is 5. The van der Waals surface area contributed by atoms with Crippen LogP contribution in [0.15, 0.2) is 40.8 Å². The van der Waals surface area contributed by atoms with Crippen molar-refractivity contribution in [2.75, 3.05) is 12.4 Å². The number of likely N-dealkylation sites (tertiary alicyclic amines) is 1. The van der Waals surface area contributed by atoms with Crippen LogP contribution in [-0.2, 0) is 25.7 Å². The molecule has 0 saturated carbocycles. The molecule has 0 bridgehead atoms. The van der Waals surface area contributed by atoms with Crippen LogP contribution in [-0.4, -0.2) is 74.8 Å². The predicted octanol–water partition coefficient (Wildman–Crippen LogP) is 1.95. The third-order valence-corrected chi connectivity index (χ3v) is 8.61. The summed E-state index contributed by atoms with van der Waals surface area (Å²) < 4.78 is 1.52. The van der Waals surface area contributed by atoms with Gasteiger partial charge in [0.05, 0.1) is 11.9 Å². The molecule has 5 N–H and O–H groups in total. The Morgan fingerprint density at radius 2 is 1.70 bits per heavy atom. The van der Waals surface area contributed by atoms with Crippen LogP contribution in [0.4, 0.5) is 4.79 Å². The molecule has 1 aliphatic rings. The van der Waals surface area contributed by atoms with E-state index in [0.717, 1.165) is 5.57 Å². The Balaban J connectivity index is 2.30. The number of urea groups is 1. The van der Waals surface area contributed by atoms with E-state index in [4.69, 9.17) is 5.73 Å². The lowest BCUT2D eigenvalue weighted by molar-refractivity contribution is -0.141. The molecule has 1 aromatic rings. The number of carbonyl (C=O) groups excluding carboxylic acids is 5. The minimum atomic E-state index is -1.36. The SMILES string of the molecule is C=S(CNC(=O)[C@@H]1C[C@@H](C=C(C)C)CN1C(=O)[C@@H](NC(=O)N[C@H](Cn1ccccc1=O)C(C)(C)C)C(C)(C)C)C(=O)C(N)=O. The van der Waals surface area contributed by atoms with Crippen LogP contribution in [0.3, 0.4) is 0 Å². The first-order chi connectivity index (χ1) is 20.2. The lowest BCUT2D eigenvalue weighted by Gasteiger charge is -2.37. The average molecular weight is 633 g/mol. The van der Waals surface area contributed by atoms with Crippen molar-refractivity contribution in [3.05, 3.63) is 46.4 Å². The van der Waals surface area contributed by atoms with Gasteiger partial charge in [-0.1, -0.05) is 75.6 Å². The normalized spacial score (nSPS) is 18.9. The lowest BCUT2D eigenvalue weighted by atomic mass is 9.85. The van der Waals surface area contributed by atoms with E-state index in [1.807, 2.05) is 61.5 Å². The molecule has 0 spiro atoms. The van der Waals surface area contributed by atoms with Gasteiger partial charge in [-0.15, -0.1) is 0 Å². The van der Waals surface area contributed by atoms with Gasteiger partial charge in [0.25, 0.3) is 16.6 Å². The van der Waals surface area contributed by atoms with E-state index < -0.39 is 68.3 Å². The molecule has 1 aliphatic heterocycles. The molecule has 12 nitrogen and oxygen atoms in total. The highest BCUT2D eigenvalue weighted by atomic mass is 32.2. The molecular formula is C31H48N6O6S. The van der Waals surface area contributed by atoms with Crippen LogP contribution in [0.5, 0.6) is 0 Å². The van der Waals surface area contributed by atoms with Gasteiger partial charge >= 0.3 is 6.03 Å². The summed E-state index contributed by atoms with van der Waals surface area (Å²) in [5, 5.41) is 7.58. The minimum Gasteiger partial charge on any atom is -0.362 e. The Kier molecular flexibility index (Phi) is 12.3. The molecule has 2 rings (SSSR count). The number of primary amides is 1. The molecular weight excluding hydrogens is 584 g/mol. The molecule has 0 aliphatic carbocycles. The third-order valence-electron chi connectivity index (χ3n) is 7.39. The first-order valence-electron chi connectivity index (χ1n) is 14.5. The Hall–Kier alpha value is -3.74. The monoisotopic (exact) mass is 632 g/mol. The molecule has 2 heterocycles. The summed E-state index contributed by atoms with van der Waals surface area (Å²) in [7, 11) is -1.36. The molecule has 1 unspecified atom stereocenters. The van der Waals surface area contributed by atoms with Crippen molar-refractivity contribution in [2.45, 2.75) is 86.5 Å². The summed E-state index contributed by atoms with van der Waals surface area (Å²) >= 11 is 0. The lowest BCUT2D eigenvalue weighted by Crippen LogP contribution is -2.61. The molecule has 1 fully saturated rings. The van der Waals surface area contributed by atoms with Gasteiger partial charge in [0, 0.05) is 25.4 Å². The van der Waals surface area contributed by atoms with Gasteiger partial charge in [-0.05, 0) is 43.1 Å². The number of nitrogens with two attached hydrogens (primary N) is 1. The maximum absolute atomic E-state index is 14.1. The molecule has 1 aromatic heterocycles. The second-order valence-corrected chi connectivity index (χ2v) is 15.2. The standard InChI is InChI=1S/C31H48N6O6S/c1-19(2)14-20-15-21(26(40)33-18-44(9)28(42)25(32)39)37(16-20)27(41)24(31(6,7)8)35-29(43)34-22(30(3,4)5)17-36-13-11-10-12-23(36)38/h10-14,20-22,24H,9,15-18H2,1-8H3,(H2,32,39)(H,33,40)(H2,34,35,43)/t20-,21+,22-,24-,44?/m1/s1. The number of rotatable bonds is 9. The minimum absolute atomic E-state index is 0.103. The summed E-state index contributed by atoms with van der Waals surface area (Å²) in [6, 6.07) is 1.95. The van der Waals surface area contributed by atoms with Gasteiger partial charge in [0.1, 0.15) is 12.1 Å². The summed E-state index contributed by atoms with van der Waals surface area (Å²) in [5.41, 5.74) is 4.74. The number of allylic oxidation sites excluding steroid dienone is 1. The molecule has 13 heteroatoms. The predicted molar refractivity (Wildman–Crippen MR) is 174 cm³/mol. The number of hydrogen-bond acceptors (Lipinski definition) is 6. The van der Waals surface area contributed by atoms with E-state index in [-0.39, 0.29) is 30.4 Å². The Morgan fingerprint density at radius 3 is 2.23 bits per heavy atom. The number of amides is 5. The van der Waals surface area contributed by atoms with Crippen LogP contribution in [0.25, 0.3) is 0 Å². The molecule has 0 aromatic carbocycles. The van der Waals surface area contributed by atoms with E-state index >= 15 is 0 Å².